The molecule has 0 amide bonds. The molecule has 0 spiro atoms. The van der Waals surface area contributed by atoms with Gasteiger partial charge >= 0.3 is 0 Å². The number of nitrogens with zero attached hydrogens (tertiary/aromatic N) is 4. The van der Waals surface area contributed by atoms with Crippen molar-refractivity contribution in [1.29, 1.82) is 0 Å². The van der Waals surface area contributed by atoms with E-state index in [-0.39, 0.29) is 0 Å². The van der Waals surface area contributed by atoms with E-state index < -0.39 is 0 Å². The van der Waals surface area contributed by atoms with Crippen molar-refractivity contribution in [3.63, 3.8) is 0 Å². The van der Waals surface area contributed by atoms with Gasteiger partial charge in [0, 0.05) is 30.4 Å². The molecule has 0 saturated carbocycles. The van der Waals surface area contributed by atoms with E-state index in [2.05, 4.69) is 20.4 Å². The maximum atomic E-state index is 5.93. The summed E-state index contributed by atoms with van der Waals surface area (Å²) < 4.78 is 1.67. The number of fused-ring (bicyclic) bond motifs is 1. The molecule has 0 unspecified atom stereocenters. The number of hydrogen-bond donors (Lipinski definition) is 2. The second-order valence-corrected chi connectivity index (χ2v) is 4.89. The molecule has 2 aromatic heterocycles. The van der Waals surface area contributed by atoms with E-state index in [1.807, 2.05) is 7.05 Å². The summed E-state index contributed by atoms with van der Waals surface area (Å²) in [4.78, 5) is 8.72. The van der Waals surface area contributed by atoms with Crippen molar-refractivity contribution < 1.29 is 0 Å². The molecule has 2 aromatic rings. The first-order chi connectivity index (χ1) is 9.25. The Morgan fingerprint density at radius 2 is 2.16 bits per heavy atom. The van der Waals surface area contributed by atoms with Gasteiger partial charge in [-0.1, -0.05) is 0 Å². The zero-order valence-corrected chi connectivity index (χ0v) is 11.1. The Hall–Kier alpha value is -2.11. The minimum Gasteiger partial charge on any atom is -0.384 e. The molecule has 100 valence electrons. The Balaban J connectivity index is 1.79. The van der Waals surface area contributed by atoms with Crippen LogP contribution in [0.4, 0.5) is 11.6 Å². The predicted octanol–water partition coefficient (Wildman–Crippen LogP) is 1.28. The molecule has 0 aliphatic heterocycles. The van der Waals surface area contributed by atoms with E-state index in [9.17, 15) is 0 Å². The molecule has 0 saturated heterocycles. The molecular formula is C13H18N6. The van der Waals surface area contributed by atoms with Crippen molar-refractivity contribution in [3.05, 3.63) is 29.3 Å². The first-order valence-electron chi connectivity index (χ1n) is 6.58. The molecule has 0 bridgehead atoms. The van der Waals surface area contributed by atoms with E-state index in [4.69, 9.17) is 5.73 Å². The van der Waals surface area contributed by atoms with Gasteiger partial charge in [0.15, 0.2) is 0 Å². The first-order valence-corrected chi connectivity index (χ1v) is 6.58. The van der Waals surface area contributed by atoms with Crippen LogP contribution in [0.25, 0.3) is 0 Å². The van der Waals surface area contributed by atoms with Gasteiger partial charge in [0.05, 0.1) is 6.20 Å². The third-order valence-corrected chi connectivity index (χ3v) is 3.64. The van der Waals surface area contributed by atoms with Gasteiger partial charge in [-0.3, -0.25) is 4.68 Å². The van der Waals surface area contributed by atoms with Crippen LogP contribution in [-0.2, 0) is 26.4 Å². The molecule has 0 aromatic carbocycles. The average Bonchev–Trinajstić information content (AvgIpc) is 2.76. The number of nitrogens with one attached hydrogen (secondary N) is 1. The Morgan fingerprint density at radius 1 is 1.32 bits per heavy atom. The fraction of sp³-hybridized carbons (Fsp3) is 0.462. The number of anilines is 2. The summed E-state index contributed by atoms with van der Waals surface area (Å²) in [5.41, 5.74) is 9.37. The van der Waals surface area contributed by atoms with Crippen LogP contribution < -0.4 is 11.1 Å². The SMILES string of the molecule is Cn1ncc(CNc2ncnc3c2CCCC3)c1N. The van der Waals surface area contributed by atoms with Gasteiger partial charge in [-0.15, -0.1) is 0 Å². The van der Waals surface area contributed by atoms with Gasteiger partial charge in [0.25, 0.3) is 0 Å². The van der Waals surface area contributed by atoms with Crippen LogP contribution >= 0.6 is 0 Å². The lowest BCUT2D eigenvalue weighted by molar-refractivity contribution is 0.663. The van der Waals surface area contributed by atoms with Crippen molar-refractivity contribution in [1.82, 2.24) is 19.7 Å². The summed E-state index contributed by atoms with van der Waals surface area (Å²) in [6.45, 7) is 0.642. The van der Waals surface area contributed by atoms with Gasteiger partial charge in [-0.2, -0.15) is 5.10 Å². The summed E-state index contributed by atoms with van der Waals surface area (Å²) in [5.74, 6) is 1.63. The zero-order valence-electron chi connectivity index (χ0n) is 11.1. The molecule has 3 rings (SSSR count). The smallest absolute Gasteiger partial charge is 0.133 e. The van der Waals surface area contributed by atoms with Gasteiger partial charge in [-0.05, 0) is 25.7 Å². The Labute approximate surface area is 112 Å². The molecular weight excluding hydrogens is 240 g/mol. The van der Waals surface area contributed by atoms with E-state index in [1.165, 1.54) is 24.1 Å². The van der Waals surface area contributed by atoms with Crippen LogP contribution in [0.15, 0.2) is 12.5 Å². The van der Waals surface area contributed by atoms with Crippen molar-refractivity contribution in [2.24, 2.45) is 7.05 Å². The predicted molar refractivity (Wildman–Crippen MR) is 73.6 cm³/mol. The fourth-order valence-electron chi connectivity index (χ4n) is 2.48. The van der Waals surface area contributed by atoms with Crippen molar-refractivity contribution in [3.8, 4) is 0 Å². The fourth-order valence-corrected chi connectivity index (χ4v) is 2.48. The average molecular weight is 258 g/mol. The van der Waals surface area contributed by atoms with Gasteiger partial charge in [0.1, 0.15) is 18.0 Å². The summed E-state index contributed by atoms with van der Waals surface area (Å²) in [7, 11) is 1.84. The number of nitrogens with two attached hydrogens (primary N) is 1. The molecule has 19 heavy (non-hydrogen) atoms. The Kier molecular flexibility index (Phi) is 3.06. The van der Waals surface area contributed by atoms with Crippen molar-refractivity contribution in [2.75, 3.05) is 11.1 Å². The third-order valence-electron chi connectivity index (χ3n) is 3.64. The van der Waals surface area contributed by atoms with Gasteiger partial charge in [0.2, 0.25) is 0 Å². The van der Waals surface area contributed by atoms with Gasteiger partial charge in [-0.25, -0.2) is 9.97 Å². The van der Waals surface area contributed by atoms with Crippen molar-refractivity contribution >= 4 is 11.6 Å². The largest absolute Gasteiger partial charge is 0.384 e. The minimum absolute atomic E-state index is 0.642. The van der Waals surface area contributed by atoms with Crippen LogP contribution in [0.1, 0.15) is 29.7 Å². The monoisotopic (exact) mass is 258 g/mol. The standard InChI is InChI=1S/C13H18N6/c1-19-12(14)9(7-18-19)6-15-13-10-4-2-3-5-11(10)16-8-17-13/h7-8H,2-6,14H2,1H3,(H,15,16,17). The zero-order chi connectivity index (χ0) is 13.2. The highest BCUT2D eigenvalue weighted by Crippen LogP contribution is 2.25. The minimum atomic E-state index is 0.642. The van der Waals surface area contributed by atoms with E-state index in [1.54, 1.807) is 17.2 Å². The normalized spacial score (nSPS) is 14.2. The number of hydrogen-bond acceptors (Lipinski definition) is 5. The molecule has 0 fully saturated rings. The molecule has 6 nitrogen and oxygen atoms in total. The van der Waals surface area contributed by atoms with Crippen LogP contribution in [0.5, 0.6) is 0 Å². The molecule has 2 heterocycles. The maximum Gasteiger partial charge on any atom is 0.133 e. The lowest BCUT2D eigenvalue weighted by Gasteiger charge is -2.17. The summed E-state index contributed by atoms with van der Waals surface area (Å²) >= 11 is 0. The lowest BCUT2D eigenvalue weighted by Crippen LogP contribution is -2.12. The summed E-state index contributed by atoms with van der Waals surface area (Å²) in [6, 6.07) is 0. The molecule has 0 radical (unpaired) electrons. The van der Waals surface area contributed by atoms with Crippen molar-refractivity contribution in [2.45, 2.75) is 32.2 Å². The highest BCUT2D eigenvalue weighted by atomic mass is 15.3. The molecule has 3 N–H and O–H groups in total. The van der Waals surface area contributed by atoms with E-state index >= 15 is 0 Å². The van der Waals surface area contributed by atoms with Crippen LogP contribution in [0.2, 0.25) is 0 Å². The molecule has 1 aliphatic rings. The quantitative estimate of drug-likeness (QED) is 0.866. The Morgan fingerprint density at radius 3 is 2.95 bits per heavy atom. The summed E-state index contributed by atoms with van der Waals surface area (Å²) in [5, 5.41) is 7.49. The molecule has 0 atom stereocenters. The summed E-state index contributed by atoms with van der Waals surface area (Å²) in [6.07, 6.45) is 7.97. The topological polar surface area (TPSA) is 81.7 Å². The highest BCUT2D eigenvalue weighted by Gasteiger charge is 2.15. The number of rotatable bonds is 3. The van der Waals surface area contributed by atoms with Crippen LogP contribution in [0, 0.1) is 0 Å². The molecule has 1 aliphatic carbocycles. The highest BCUT2D eigenvalue weighted by molar-refractivity contribution is 5.49. The number of aromatic nitrogens is 4. The van der Waals surface area contributed by atoms with Gasteiger partial charge < -0.3 is 11.1 Å². The third kappa shape index (κ3) is 2.25. The lowest BCUT2D eigenvalue weighted by atomic mass is 9.96. The van der Waals surface area contributed by atoms with Crippen LogP contribution in [-0.4, -0.2) is 19.7 Å². The second-order valence-electron chi connectivity index (χ2n) is 4.89. The number of aryl methyl sites for hydroxylation is 2. The number of nitrogen functional groups attached to an aromatic ring is 1. The van der Waals surface area contributed by atoms with E-state index in [0.29, 0.717) is 12.4 Å². The second kappa shape index (κ2) is 4.87. The first kappa shape index (κ1) is 12.0. The molecule has 6 heteroatoms. The Bertz CT molecular complexity index is 589. The van der Waals surface area contributed by atoms with E-state index in [0.717, 1.165) is 24.2 Å². The van der Waals surface area contributed by atoms with Crippen LogP contribution in [0.3, 0.4) is 0 Å². The maximum absolute atomic E-state index is 5.93.